The lowest BCUT2D eigenvalue weighted by atomic mass is 9.90. The summed E-state index contributed by atoms with van der Waals surface area (Å²) in [4.78, 5) is 25.6. The lowest BCUT2D eigenvalue weighted by Gasteiger charge is -2.24. The molecule has 0 aromatic heterocycles. The second kappa shape index (κ2) is 11.8. The quantitative estimate of drug-likeness (QED) is 0.288. The molecular weight excluding hydrogens is 526 g/mol. The number of nitrogens with one attached hydrogen (secondary N) is 1. The number of alkyl halides is 6. The van der Waals surface area contributed by atoms with E-state index in [0.29, 0.717) is 6.07 Å². The molecule has 0 heterocycles. The number of rotatable bonds is 8. The van der Waals surface area contributed by atoms with E-state index in [9.17, 15) is 41.0 Å². The summed E-state index contributed by atoms with van der Waals surface area (Å²) in [5, 5.41) is 12.0. The van der Waals surface area contributed by atoms with Crippen LogP contribution in [0.4, 0.5) is 31.1 Å². The molecule has 0 bridgehead atoms. The number of hydrogen-bond acceptors (Lipinski definition) is 2. The van der Waals surface area contributed by atoms with Crippen LogP contribution in [-0.4, -0.2) is 28.6 Å². The molecule has 11 heteroatoms. The zero-order valence-electron chi connectivity index (χ0n) is 21.0. The number of amides is 2. The molecule has 5 nitrogen and oxygen atoms in total. The third kappa shape index (κ3) is 7.52. The molecule has 2 amide bonds. The number of carbonyl (C=O) groups excluding carboxylic acids is 1. The molecule has 3 rings (SSSR count). The van der Waals surface area contributed by atoms with Crippen molar-refractivity contribution < 1.29 is 41.0 Å². The number of hydrogen-bond donors (Lipinski definition) is 2. The Labute approximate surface area is 221 Å². The van der Waals surface area contributed by atoms with Crippen LogP contribution in [0, 0.1) is 0 Å². The highest BCUT2D eigenvalue weighted by atomic mass is 19.4. The van der Waals surface area contributed by atoms with Gasteiger partial charge in [0.05, 0.1) is 17.0 Å². The van der Waals surface area contributed by atoms with Gasteiger partial charge in [-0.25, -0.2) is 4.79 Å². The fourth-order valence-electron chi connectivity index (χ4n) is 3.96. The van der Waals surface area contributed by atoms with Crippen molar-refractivity contribution in [1.29, 1.82) is 0 Å². The third-order valence-electron chi connectivity index (χ3n) is 6.21. The molecule has 1 atom stereocenters. The van der Waals surface area contributed by atoms with E-state index < -0.39 is 41.4 Å². The number of aliphatic carboxylic acids is 1. The SMILES string of the molecule is CCN(Cc1cc(C(F)(F)F)ccc1-c1cc([C@@H](C)C(=O)O)cc(C(F)(F)F)c1)C(=O)NCc1ccccc1. The van der Waals surface area contributed by atoms with Gasteiger partial charge in [-0.1, -0.05) is 42.5 Å². The minimum atomic E-state index is -4.83. The lowest BCUT2D eigenvalue weighted by Crippen LogP contribution is -2.39. The lowest BCUT2D eigenvalue weighted by molar-refractivity contribution is -0.139. The van der Waals surface area contributed by atoms with E-state index >= 15 is 0 Å². The van der Waals surface area contributed by atoms with Crippen LogP contribution in [0.2, 0.25) is 0 Å². The van der Waals surface area contributed by atoms with Crippen LogP contribution in [0.5, 0.6) is 0 Å². The van der Waals surface area contributed by atoms with Crippen molar-refractivity contribution in [2.75, 3.05) is 6.54 Å². The predicted molar refractivity (Wildman–Crippen MR) is 133 cm³/mol. The van der Waals surface area contributed by atoms with Gasteiger partial charge in [0.2, 0.25) is 0 Å². The molecule has 0 fully saturated rings. The van der Waals surface area contributed by atoms with Crippen LogP contribution < -0.4 is 5.32 Å². The van der Waals surface area contributed by atoms with Crippen molar-refractivity contribution in [3.63, 3.8) is 0 Å². The van der Waals surface area contributed by atoms with Crippen LogP contribution in [0.3, 0.4) is 0 Å². The summed E-state index contributed by atoms with van der Waals surface area (Å²) in [7, 11) is 0. The summed E-state index contributed by atoms with van der Waals surface area (Å²) in [6, 6.07) is 13.6. The Bertz CT molecular complexity index is 1320. The van der Waals surface area contributed by atoms with Crippen LogP contribution in [0.1, 0.15) is 47.6 Å². The van der Waals surface area contributed by atoms with E-state index in [1.54, 1.807) is 37.3 Å². The Balaban J connectivity index is 2.07. The highest BCUT2D eigenvalue weighted by Gasteiger charge is 2.34. The maximum absolute atomic E-state index is 13.7. The number of carboxylic acid groups (broad SMARTS) is 1. The zero-order chi connectivity index (χ0) is 29.0. The molecule has 0 aliphatic carbocycles. The summed E-state index contributed by atoms with van der Waals surface area (Å²) in [5.74, 6) is -2.67. The van der Waals surface area contributed by atoms with Crippen molar-refractivity contribution in [1.82, 2.24) is 10.2 Å². The minimum absolute atomic E-state index is 0.0160. The van der Waals surface area contributed by atoms with Gasteiger partial charge in [-0.2, -0.15) is 26.3 Å². The van der Waals surface area contributed by atoms with E-state index in [0.717, 1.165) is 29.8 Å². The molecule has 0 radical (unpaired) electrons. The molecule has 208 valence electrons. The Kier molecular flexibility index (Phi) is 8.93. The second-order valence-corrected chi connectivity index (χ2v) is 8.93. The fourth-order valence-corrected chi connectivity index (χ4v) is 3.96. The minimum Gasteiger partial charge on any atom is -0.481 e. The van der Waals surface area contributed by atoms with Gasteiger partial charge in [0.1, 0.15) is 0 Å². The molecular formula is C28H26F6N2O3. The molecule has 3 aromatic rings. The predicted octanol–water partition coefficient (Wildman–Crippen LogP) is 7.31. The van der Waals surface area contributed by atoms with Gasteiger partial charge < -0.3 is 15.3 Å². The highest BCUT2D eigenvalue weighted by Crippen LogP contribution is 2.38. The average Bonchev–Trinajstić information content (AvgIpc) is 2.89. The van der Waals surface area contributed by atoms with Gasteiger partial charge in [0.25, 0.3) is 0 Å². The Morgan fingerprint density at radius 3 is 2.10 bits per heavy atom. The Hall–Kier alpha value is -4.02. The highest BCUT2D eigenvalue weighted by molar-refractivity contribution is 5.78. The van der Waals surface area contributed by atoms with E-state index in [1.807, 2.05) is 0 Å². The number of nitrogens with zero attached hydrogens (tertiary/aromatic N) is 1. The monoisotopic (exact) mass is 552 g/mol. The van der Waals surface area contributed by atoms with Crippen LogP contribution in [-0.2, 0) is 30.2 Å². The molecule has 0 aliphatic rings. The smallest absolute Gasteiger partial charge is 0.416 e. The van der Waals surface area contributed by atoms with Gasteiger partial charge in [-0.05, 0) is 65.9 Å². The molecule has 0 unspecified atom stereocenters. The molecule has 0 saturated heterocycles. The maximum atomic E-state index is 13.7. The van der Waals surface area contributed by atoms with Crippen molar-refractivity contribution >= 4 is 12.0 Å². The summed E-state index contributed by atoms with van der Waals surface area (Å²) in [6.45, 7) is 2.75. The number of carboxylic acids is 1. The molecule has 0 spiro atoms. The first-order valence-corrected chi connectivity index (χ1v) is 11.9. The van der Waals surface area contributed by atoms with Gasteiger partial charge in [0, 0.05) is 19.6 Å². The molecule has 39 heavy (non-hydrogen) atoms. The first-order valence-electron chi connectivity index (χ1n) is 11.9. The first kappa shape index (κ1) is 29.5. The van der Waals surface area contributed by atoms with E-state index in [2.05, 4.69) is 5.32 Å². The van der Waals surface area contributed by atoms with Crippen LogP contribution in [0.15, 0.2) is 66.7 Å². The molecule has 3 aromatic carbocycles. The number of urea groups is 1. The first-order chi connectivity index (χ1) is 18.2. The van der Waals surface area contributed by atoms with Crippen LogP contribution >= 0.6 is 0 Å². The standard InChI is InChI=1S/C28H26F6N2O3/c1-3-36(26(39)35-15-18-7-5-4-6-8-18)16-21-14-22(27(29,30)31)9-10-24(21)20-11-19(17(2)25(37)38)12-23(13-20)28(32,33)34/h4-14,17H,3,15-16H2,1-2H3,(H,35,39)(H,37,38)/t17-/m1/s1. The van der Waals surface area contributed by atoms with Crippen molar-refractivity contribution in [2.24, 2.45) is 0 Å². The van der Waals surface area contributed by atoms with E-state index in [-0.39, 0.29) is 41.9 Å². The Morgan fingerprint density at radius 2 is 1.54 bits per heavy atom. The maximum Gasteiger partial charge on any atom is 0.416 e. The number of benzene rings is 3. The average molecular weight is 553 g/mol. The fraction of sp³-hybridized carbons (Fsp3) is 0.286. The number of halogens is 6. The second-order valence-electron chi connectivity index (χ2n) is 8.93. The van der Waals surface area contributed by atoms with Crippen molar-refractivity contribution in [3.05, 3.63) is 94.5 Å². The largest absolute Gasteiger partial charge is 0.481 e. The normalized spacial score (nSPS) is 12.6. The Morgan fingerprint density at radius 1 is 0.897 bits per heavy atom. The molecule has 2 N–H and O–H groups in total. The van der Waals surface area contributed by atoms with Gasteiger partial charge in [0.15, 0.2) is 0 Å². The zero-order valence-corrected chi connectivity index (χ0v) is 21.0. The van der Waals surface area contributed by atoms with E-state index in [4.69, 9.17) is 0 Å². The van der Waals surface area contributed by atoms with E-state index in [1.165, 1.54) is 17.9 Å². The third-order valence-corrected chi connectivity index (χ3v) is 6.21. The summed E-state index contributed by atoms with van der Waals surface area (Å²) >= 11 is 0. The van der Waals surface area contributed by atoms with Gasteiger partial charge >= 0.3 is 24.4 Å². The van der Waals surface area contributed by atoms with Crippen molar-refractivity contribution in [2.45, 2.75) is 45.2 Å². The van der Waals surface area contributed by atoms with Gasteiger partial charge in [-0.3, -0.25) is 4.79 Å². The number of carbonyl (C=O) groups is 2. The summed E-state index contributed by atoms with van der Waals surface area (Å²) in [5.41, 5.74) is -1.68. The summed E-state index contributed by atoms with van der Waals surface area (Å²) in [6.07, 6.45) is -9.57. The van der Waals surface area contributed by atoms with Crippen LogP contribution in [0.25, 0.3) is 11.1 Å². The topological polar surface area (TPSA) is 69.6 Å². The van der Waals surface area contributed by atoms with Gasteiger partial charge in [-0.15, -0.1) is 0 Å². The molecule has 0 saturated carbocycles. The molecule has 0 aliphatic heterocycles. The van der Waals surface area contributed by atoms with Crippen molar-refractivity contribution in [3.8, 4) is 11.1 Å². The summed E-state index contributed by atoms with van der Waals surface area (Å²) < 4.78 is 81.7.